The third-order valence-corrected chi connectivity index (χ3v) is 3.46. The monoisotopic (exact) mass is 272 g/mol. The fourth-order valence-electron chi connectivity index (χ4n) is 2.02. The van der Waals surface area contributed by atoms with Crippen LogP contribution in [0, 0.1) is 5.92 Å². The van der Waals surface area contributed by atoms with Gasteiger partial charge in [-0.2, -0.15) is 0 Å². The smallest absolute Gasteiger partial charge is 0.338 e. The number of carboxylic acids is 1. The predicted molar refractivity (Wildman–Crippen MR) is 69.8 cm³/mol. The summed E-state index contributed by atoms with van der Waals surface area (Å²) in [6, 6.07) is 0. The van der Waals surface area contributed by atoms with Gasteiger partial charge in [0.25, 0.3) is 0 Å². The Labute approximate surface area is 114 Å². The van der Waals surface area contributed by atoms with Gasteiger partial charge in [0.1, 0.15) is 0 Å². The number of hydrogen-bond acceptors (Lipinski definition) is 4. The van der Waals surface area contributed by atoms with Crippen LogP contribution in [0.1, 0.15) is 52.4 Å². The first-order valence-electron chi connectivity index (χ1n) is 7.12. The summed E-state index contributed by atoms with van der Waals surface area (Å²) in [5.41, 5.74) is 0. The largest absolute Gasteiger partial charge is 0.481 e. The summed E-state index contributed by atoms with van der Waals surface area (Å²) in [6.45, 7) is 4.68. The summed E-state index contributed by atoms with van der Waals surface area (Å²) in [7, 11) is 0. The highest BCUT2D eigenvalue weighted by atomic mass is 16.6. The fraction of sp³-hybridized carbons (Fsp3) is 0.857. The van der Waals surface area contributed by atoms with Gasteiger partial charge in [-0.3, -0.25) is 4.79 Å². The molecular weight excluding hydrogens is 248 g/mol. The van der Waals surface area contributed by atoms with Crippen LogP contribution in [0.2, 0.25) is 0 Å². The standard InChI is InChI=1S/C14H24O5/c1-3-5-6-10(4-2)9-18-14(17)13-11(19-13)7-8-12(15)16/h10-11,13H,3-9H2,1-2H3,(H,15,16). The number of ether oxygens (including phenoxy) is 2. The quantitative estimate of drug-likeness (QED) is 0.488. The highest BCUT2D eigenvalue weighted by Gasteiger charge is 2.46. The minimum absolute atomic E-state index is 0.0303. The predicted octanol–water partition coefficient (Wildman–Crippen LogP) is 2.38. The summed E-state index contributed by atoms with van der Waals surface area (Å²) in [5.74, 6) is -0.793. The Morgan fingerprint density at radius 1 is 1.37 bits per heavy atom. The molecule has 0 aromatic rings. The van der Waals surface area contributed by atoms with Crippen LogP contribution in [0.3, 0.4) is 0 Å². The lowest BCUT2D eigenvalue weighted by molar-refractivity contribution is -0.146. The van der Waals surface area contributed by atoms with Crippen molar-refractivity contribution in [2.24, 2.45) is 5.92 Å². The molecule has 3 unspecified atom stereocenters. The van der Waals surface area contributed by atoms with E-state index in [1.807, 2.05) is 0 Å². The van der Waals surface area contributed by atoms with Crippen LogP contribution in [-0.4, -0.2) is 35.9 Å². The molecule has 1 N–H and O–H groups in total. The van der Waals surface area contributed by atoms with E-state index >= 15 is 0 Å². The molecule has 0 amide bonds. The van der Waals surface area contributed by atoms with Crippen molar-refractivity contribution < 1.29 is 24.2 Å². The van der Waals surface area contributed by atoms with E-state index in [1.54, 1.807) is 0 Å². The number of hydrogen-bond donors (Lipinski definition) is 1. The van der Waals surface area contributed by atoms with Gasteiger partial charge in [0.05, 0.1) is 12.7 Å². The molecule has 3 atom stereocenters. The molecular formula is C14H24O5. The van der Waals surface area contributed by atoms with Crippen LogP contribution >= 0.6 is 0 Å². The zero-order valence-corrected chi connectivity index (χ0v) is 11.8. The number of unbranched alkanes of at least 4 members (excludes halogenated alkanes) is 1. The van der Waals surface area contributed by atoms with Gasteiger partial charge in [0.15, 0.2) is 6.10 Å². The van der Waals surface area contributed by atoms with Crippen molar-refractivity contribution in [2.45, 2.75) is 64.6 Å². The number of carbonyl (C=O) groups is 2. The van der Waals surface area contributed by atoms with Crippen LogP contribution in [0.5, 0.6) is 0 Å². The number of carbonyl (C=O) groups excluding carboxylic acids is 1. The maximum Gasteiger partial charge on any atom is 0.338 e. The normalized spacial score (nSPS) is 22.8. The molecule has 0 saturated carbocycles. The lowest BCUT2D eigenvalue weighted by atomic mass is 10.0. The van der Waals surface area contributed by atoms with E-state index in [4.69, 9.17) is 14.6 Å². The summed E-state index contributed by atoms with van der Waals surface area (Å²) in [6.07, 6.45) is 3.98. The highest BCUT2D eigenvalue weighted by molar-refractivity contribution is 5.78. The molecule has 1 aliphatic rings. The molecule has 5 heteroatoms. The lowest BCUT2D eigenvalue weighted by Crippen LogP contribution is -2.19. The van der Waals surface area contributed by atoms with Gasteiger partial charge in [-0.15, -0.1) is 0 Å². The SMILES string of the molecule is CCCCC(CC)COC(=O)C1OC1CCC(=O)O. The third-order valence-electron chi connectivity index (χ3n) is 3.46. The molecule has 19 heavy (non-hydrogen) atoms. The number of rotatable bonds is 10. The van der Waals surface area contributed by atoms with Crippen LogP contribution in [-0.2, 0) is 19.1 Å². The Balaban J connectivity index is 2.16. The van der Waals surface area contributed by atoms with Gasteiger partial charge in [-0.05, 0) is 18.8 Å². The summed E-state index contributed by atoms with van der Waals surface area (Å²) in [4.78, 5) is 22.1. The molecule has 0 spiro atoms. The van der Waals surface area contributed by atoms with Gasteiger partial charge in [-0.25, -0.2) is 4.79 Å². The fourth-order valence-corrected chi connectivity index (χ4v) is 2.02. The van der Waals surface area contributed by atoms with Crippen molar-refractivity contribution >= 4 is 11.9 Å². The van der Waals surface area contributed by atoms with Crippen LogP contribution in [0.4, 0.5) is 0 Å². The Hall–Kier alpha value is -1.10. The van der Waals surface area contributed by atoms with E-state index in [9.17, 15) is 9.59 Å². The Bertz CT molecular complexity index is 302. The minimum Gasteiger partial charge on any atom is -0.481 e. The second-order valence-corrected chi connectivity index (χ2v) is 5.07. The van der Waals surface area contributed by atoms with E-state index in [0.29, 0.717) is 18.9 Å². The maximum atomic E-state index is 11.7. The van der Waals surface area contributed by atoms with Crippen molar-refractivity contribution in [2.75, 3.05) is 6.61 Å². The van der Waals surface area contributed by atoms with Crippen molar-refractivity contribution in [3.8, 4) is 0 Å². The highest BCUT2D eigenvalue weighted by Crippen LogP contribution is 2.28. The Morgan fingerprint density at radius 3 is 2.68 bits per heavy atom. The van der Waals surface area contributed by atoms with Crippen molar-refractivity contribution in [1.82, 2.24) is 0 Å². The average Bonchev–Trinajstić information content (AvgIpc) is 3.16. The van der Waals surface area contributed by atoms with Gasteiger partial charge < -0.3 is 14.6 Å². The van der Waals surface area contributed by atoms with Crippen LogP contribution in [0.15, 0.2) is 0 Å². The van der Waals surface area contributed by atoms with E-state index < -0.39 is 12.1 Å². The number of esters is 1. The maximum absolute atomic E-state index is 11.7. The van der Waals surface area contributed by atoms with Crippen LogP contribution < -0.4 is 0 Å². The second kappa shape index (κ2) is 8.15. The molecule has 0 bridgehead atoms. The third kappa shape index (κ3) is 6.05. The molecule has 0 aromatic carbocycles. The van der Waals surface area contributed by atoms with Gasteiger partial charge in [0, 0.05) is 6.42 Å². The van der Waals surface area contributed by atoms with E-state index in [1.165, 1.54) is 0 Å². The zero-order chi connectivity index (χ0) is 14.3. The van der Waals surface area contributed by atoms with E-state index in [2.05, 4.69) is 13.8 Å². The van der Waals surface area contributed by atoms with Crippen molar-refractivity contribution in [1.29, 1.82) is 0 Å². The summed E-state index contributed by atoms with van der Waals surface area (Å²) < 4.78 is 10.4. The molecule has 110 valence electrons. The minimum atomic E-state index is -0.867. The van der Waals surface area contributed by atoms with Gasteiger partial charge in [-0.1, -0.05) is 33.1 Å². The zero-order valence-electron chi connectivity index (χ0n) is 11.8. The number of epoxide rings is 1. The average molecular weight is 272 g/mol. The second-order valence-electron chi connectivity index (χ2n) is 5.07. The first kappa shape index (κ1) is 16.0. The molecule has 0 radical (unpaired) electrons. The first-order valence-corrected chi connectivity index (χ1v) is 7.12. The molecule has 0 aromatic heterocycles. The van der Waals surface area contributed by atoms with Gasteiger partial charge in [0.2, 0.25) is 0 Å². The van der Waals surface area contributed by atoms with Gasteiger partial charge >= 0.3 is 11.9 Å². The molecule has 5 nitrogen and oxygen atoms in total. The number of aliphatic carboxylic acids is 1. The topological polar surface area (TPSA) is 76.1 Å². The Kier molecular flexibility index (Phi) is 6.84. The summed E-state index contributed by atoms with van der Waals surface area (Å²) >= 11 is 0. The molecule has 1 aliphatic heterocycles. The molecule has 1 saturated heterocycles. The van der Waals surface area contributed by atoms with E-state index in [0.717, 1.165) is 25.7 Å². The first-order chi connectivity index (χ1) is 9.08. The number of carboxylic acid groups (broad SMARTS) is 1. The Morgan fingerprint density at radius 2 is 2.11 bits per heavy atom. The van der Waals surface area contributed by atoms with Crippen molar-refractivity contribution in [3.63, 3.8) is 0 Å². The van der Waals surface area contributed by atoms with Crippen molar-refractivity contribution in [3.05, 3.63) is 0 Å². The molecule has 0 aliphatic carbocycles. The molecule has 1 rings (SSSR count). The molecule has 1 fully saturated rings. The van der Waals surface area contributed by atoms with E-state index in [-0.39, 0.29) is 18.5 Å². The van der Waals surface area contributed by atoms with Crippen LogP contribution in [0.25, 0.3) is 0 Å². The lowest BCUT2D eigenvalue weighted by Gasteiger charge is -2.13. The summed E-state index contributed by atoms with van der Waals surface area (Å²) in [5, 5.41) is 8.53. The molecule has 1 heterocycles.